The zero-order valence-electron chi connectivity index (χ0n) is 10.9. The van der Waals surface area contributed by atoms with Crippen LogP contribution in [0.4, 0.5) is 0 Å². The molecule has 3 rings (SSSR count). The van der Waals surface area contributed by atoms with Crippen LogP contribution >= 0.6 is 0 Å². The first-order chi connectivity index (χ1) is 9.15. The van der Waals surface area contributed by atoms with Gasteiger partial charge in [-0.25, -0.2) is 0 Å². The molecule has 0 aromatic heterocycles. The molecule has 1 unspecified atom stereocenters. The molecule has 2 heteroatoms. The van der Waals surface area contributed by atoms with Crippen molar-refractivity contribution >= 4 is 5.97 Å². The van der Waals surface area contributed by atoms with Gasteiger partial charge in [0.05, 0.1) is 6.42 Å². The van der Waals surface area contributed by atoms with Gasteiger partial charge in [-0.05, 0) is 34.2 Å². The van der Waals surface area contributed by atoms with E-state index in [-0.39, 0.29) is 6.42 Å². The Morgan fingerprint density at radius 2 is 1.89 bits per heavy atom. The van der Waals surface area contributed by atoms with Crippen molar-refractivity contribution in [2.45, 2.75) is 25.7 Å². The lowest BCUT2D eigenvalue weighted by Crippen LogP contribution is -2.12. The van der Waals surface area contributed by atoms with Crippen LogP contribution in [0.3, 0.4) is 0 Å². The van der Waals surface area contributed by atoms with Crippen LogP contribution in [0, 0.1) is 0 Å². The molecule has 96 valence electrons. The monoisotopic (exact) mass is 252 g/mol. The Kier molecular flexibility index (Phi) is 2.86. The van der Waals surface area contributed by atoms with E-state index in [1.165, 1.54) is 22.3 Å². The fourth-order valence-corrected chi connectivity index (χ4v) is 2.98. The zero-order chi connectivity index (χ0) is 13.4. The highest BCUT2D eigenvalue weighted by Gasteiger charge is 2.21. The summed E-state index contributed by atoms with van der Waals surface area (Å²) in [6.45, 7) is 2.20. The summed E-state index contributed by atoms with van der Waals surface area (Å²) in [4.78, 5) is 10.8. The van der Waals surface area contributed by atoms with Crippen molar-refractivity contribution in [1.82, 2.24) is 0 Å². The molecule has 19 heavy (non-hydrogen) atoms. The molecule has 1 atom stereocenters. The minimum absolute atomic E-state index is 0.0989. The van der Waals surface area contributed by atoms with Crippen LogP contribution in [0.1, 0.15) is 40.7 Å². The number of carboxylic acid groups (broad SMARTS) is 1. The first kappa shape index (κ1) is 12.0. The van der Waals surface area contributed by atoms with E-state index in [4.69, 9.17) is 5.11 Å². The second-order valence-electron chi connectivity index (χ2n) is 5.20. The van der Waals surface area contributed by atoms with E-state index in [1.807, 2.05) is 6.07 Å². The lowest BCUT2D eigenvalue weighted by atomic mass is 9.78. The Bertz CT molecular complexity index is 643. The third-order valence-electron chi connectivity index (χ3n) is 3.93. The number of carbonyl (C=O) groups is 1. The Labute approximate surface area is 112 Å². The van der Waals surface area contributed by atoms with Gasteiger partial charge in [-0.1, -0.05) is 49.4 Å². The number of aliphatic carboxylic acids is 1. The molecule has 0 fully saturated rings. The molecular weight excluding hydrogens is 236 g/mol. The number of fused-ring (bicyclic) bond motifs is 2. The highest BCUT2D eigenvalue weighted by atomic mass is 16.4. The van der Waals surface area contributed by atoms with Gasteiger partial charge in [0.15, 0.2) is 0 Å². The van der Waals surface area contributed by atoms with E-state index in [1.54, 1.807) is 0 Å². The summed E-state index contributed by atoms with van der Waals surface area (Å²) in [7, 11) is 0. The van der Waals surface area contributed by atoms with Crippen LogP contribution in [-0.4, -0.2) is 11.1 Å². The largest absolute Gasteiger partial charge is 0.481 e. The molecule has 1 N–H and O–H groups in total. The van der Waals surface area contributed by atoms with Gasteiger partial charge in [0, 0.05) is 5.92 Å². The summed E-state index contributed by atoms with van der Waals surface area (Å²) in [5.74, 6) is -0.433. The maximum atomic E-state index is 10.8. The Morgan fingerprint density at radius 1 is 1.16 bits per heavy atom. The topological polar surface area (TPSA) is 37.3 Å². The first-order valence-corrected chi connectivity index (χ1v) is 6.56. The summed E-state index contributed by atoms with van der Waals surface area (Å²) < 4.78 is 0. The van der Waals surface area contributed by atoms with Gasteiger partial charge < -0.3 is 5.11 Å². The van der Waals surface area contributed by atoms with Gasteiger partial charge in [-0.15, -0.1) is 0 Å². The molecule has 0 heterocycles. The average Bonchev–Trinajstić information content (AvgIpc) is 2.39. The summed E-state index contributed by atoms with van der Waals surface area (Å²) in [5.41, 5.74) is 6.23. The molecule has 1 aliphatic rings. The highest BCUT2D eigenvalue weighted by molar-refractivity contribution is 5.70. The fraction of sp³-hybridized carbons (Fsp3) is 0.235. The molecule has 0 saturated carbocycles. The Balaban J connectivity index is 2.03. The van der Waals surface area contributed by atoms with Crippen molar-refractivity contribution in [2.24, 2.45) is 0 Å². The van der Waals surface area contributed by atoms with Crippen molar-refractivity contribution in [1.29, 1.82) is 0 Å². The quantitative estimate of drug-likeness (QED) is 0.889. The van der Waals surface area contributed by atoms with E-state index in [2.05, 4.69) is 43.3 Å². The fourth-order valence-electron chi connectivity index (χ4n) is 2.98. The highest BCUT2D eigenvalue weighted by Crippen LogP contribution is 2.36. The van der Waals surface area contributed by atoms with Crippen LogP contribution < -0.4 is 0 Å². The number of rotatable bonds is 2. The minimum Gasteiger partial charge on any atom is -0.481 e. The maximum absolute atomic E-state index is 10.8. The number of hydrogen-bond acceptors (Lipinski definition) is 1. The molecule has 2 aromatic carbocycles. The molecule has 0 aliphatic heterocycles. The van der Waals surface area contributed by atoms with Crippen molar-refractivity contribution in [2.75, 3.05) is 0 Å². The molecule has 2 aromatic rings. The van der Waals surface area contributed by atoms with Gasteiger partial charge in [0.25, 0.3) is 0 Å². The number of hydrogen-bond donors (Lipinski definition) is 1. The van der Waals surface area contributed by atoms with Gasteiger partial charge in [-0.3, -0.25) is 4.79 Å². The van der Waals surface area contributed by atoms with Crippen LogP contribution in [0.5, 0.6) is 0 Å². The minimum atomic E-state index is -0.774. The number of carboxylic acids is 1. The Hall–Kier alpha value is -2.09. The first-order valence-electron chi connectivity index (χ1n) is 6.56. The molecule has 1 aliphatic carbocycles. The van der Waals surface area contributed by atoms with E-state index >= 15 is 0 Å². The third-order valence-corrected chi connectivity index (χ3v) is 3.93. The van der Waals surface area contributed by atoms with E-state index < -0.39 is 5.97 Å². The molecular formula is C17H16O2. The molecule has 2 nitrogen and oxygen atoms in total. The third kappa shape index (κ3) is 2.14. The lowest BCUT2D eigenvalue weighted by molar-refractivity contribution is -0.136. The summed E-state index contributed by atoms with van der Waals surface area (Å²) in [5, 5.41) is 8.89. The number of benzene rings is 2. The van der Waals surface area contributed by atoms with E-state index in [0.717, 1.165) is 12.0 Å². The maximum Gasteiger partial charge on any atom is 0.307 e. The Morgan fingerprint density at radius 3 is 2.68 bits per heavy atom. The van der Waals surface area contributed by atoms with Crippen molar-refractivity contribution in [3.8, 4) is 0 Å². The molecule has 0 bridgehead atoms. The van der Waals surface area contributed by atoms with Gasteiger partial charge in [-0.2, -0.15) is 0 Å². The predicted molar refractivity (Wildman–Crippen MR) is 74.5 cm³/mol. The zero-order valence-corrected chi connectivity index (χ0v) is 10.9. The van der Waals surface area contributed by atoms with Gasteiger partial charge in [0.1, 0.15) is 0 Å². The van der Waals surface area contributed by atoms with Crippen LogP contribution in [0.2, 0.25) is 0 Å². The second-order valence-corrected chi connectivity index (χ2v) is 5.20. The molecule has 0 saturated heterocycles. The van der Waals surface area contributed by atoms with Crippen molar-refractivity contribution in [3.63, 3.8) is 0 Å². The van der Waals surface area contributed by atoms with Crippen LogP contribution in [-0.2, 0) is 17.6 Å². The SMILES string of the molecule is CC1c2ccccc2Cc2ccc(CC(=O)O)cc21. The van der Waals surface area contributed by atoms with Crippen molar-refractivity contribution in [3.05, 3.63) is 70.3 Å². The van der Waals surface area contributed by atoms with Gasteiger partial charge in [0.2, 0.25) is 0 Å². The normalized spacial score (nSPS) is 16.6. The van der Waals surface area contributed by atoms with Crippen molar-refractivity contribution < 1.29 is 9.90 Å². The predicted octanol–water partition coefficient (Wildman–Crippen LogP) is 3.37. The average molecular weight is 252 g/mol. The lowest BCUT2D eigenvalue weighted by Gasteiger charge is -2.26. The van der Waals surface area contributed by atoms with Gasteiger partial charge >= 0.3 is 5.97 Å². The van der Waals surface area contributed by atoms with E-state index in [9.17, 15) is 4.79 Å². The van der Waals surface area contributed by atoms with Crippen LogP contribution in [0.15, 0.2) is 42.5 Å². The standard InChI is InChI=1S/C17H16O2/c1-11-15-5-3-2-4-13(15)10-14-7-6-12(8-16(11)14)9-17(18)19/h2-8,11H,9-10H2,1H3,(H,18,19). The summed E-state index contributed by atoms with van der Waals surface area (Å²) >= 11 is 0. The summed E-state index contributed by atoms with van der Waals surface area (Å²) in [6.07, 6.45) is 1.05. The van der Waals surface area contributed by atoms with Crippen LogP contribution in [0.25, 0.3) is 0 Å². The molecule has 0 radical (unpaired) electrons. The molecule has 0 amide bonds. The smallest absolute Gasteiger partial charge is 0.307 e. The summed E-state index contributed by atoms with van der Waals surface area (Å²) in [6, 6.07) is 14.6. The molecule has 0 spiro atoms. The van der Waals surface area contributed by atoms with E-state index in [0.29, 0.717) is 5.92 Å². The second kappa shape index (κ2) is 4.54.